The summed E-state index contributed by atoms with van der Waals surface area (Å²) in [5.41, 5.74) is 0. The number of rotatable bonds is 6. The summed E-state index contributed by atoms with van der Waals surface area (Å²) >= 11 is 18.1. The summed E-state index contributed by atoms with van der Waals surface area (Å²) in [5, 5.41) is -0.235. The molecule has 13 heavy (non-hydrogen) atoms. The molecule has 3 atom stereocenters. The van der Waals surface area contributed by atoms with E-state index in [0.29, 0.717) is 0 Å². The van der Waals surface area contributed by atoms with Crippen LogP contribution < -0.4 is 0 Å². The van der Waals surface area contributed by atoms with Crippen LogP contribution in [0.1, 0.15) is 33.1 Å². The summed E-state index contributed by atoms with van der Waals surface area (Å²) in [4.78, 5) is 0. The van der Waals surface area contributed by atoms with E-state index < -0.39 is 0 Å². The van der Waals surface area contributed by atoms with Crippen molar-refractivity contribution in [1.82, 2.24) is 0 Å². The molecule has 3 unspecified atom stereocenters. The highest BCUT2D eigenvalue weighted by Crippen LogP contribution is 2.23. The zero-order chi connectivity index (χ0) is 10.3. The lowest BCUT2D eigenvalue weighted by molar-refractivity contribution is 0.698. The van der Waals surface area contributed by atoms with Gasteiger partial charge in [0, 0.05) is 0 Å². The van der Waals surface area contributed by atoms with E-state index in [2.05, 4.69) is 19.1 Å². The summed E-state index contributed by atoms with van der Waals surface area (Å²) < 4.78 is 0. The van der Waals surface area contributed by atoms with Crippen LogP contribution in [0.5, 0.6) is 0 Å². The Morgan fingerprint density at radius 3 is 2.08 bits per heavy atom. The molecule has 0 rings (SSSR count). The number of hydrogen-bond donors (Lipinski definition) is 0. The third-order valence-corrected chi connectivity index (χ3v) is 3.74. The van der Waals surface area contributed by atoms with Crippen LogP contribution in [0, 0.1) is 0 Å². The molecule has 0 aliphatic carbocycles. The fourth-order valence-electron chi connectivity index (χ4n) is 0.975. The van der Waals surface area contributed by atoms with Crippen LogP contribution in [0.2, 0.25) is 0 Å². The number of alkyl halides is 3. The van der Waals surface area contributed by atoms with Gasteiger partial charge >= 0.3 is 0 Å². The third-order valence-electron chi connectivity index (χ3n) is 1.84. The average molecular weight is 244 g/mol. The number of allylic oxidation sites excluding steroid dienone is 2. The first-order chi connectivity index (χ1) is 6.13. The van der Waals surface area contributed by atoms with Crippen LogP contribution in [0.3, 0.4) is 0 Å². The summed E-state index contributed by atoms with van der Waals surface area (Å²) in [7, 11) is 0. The lowest BCUT2D eigenvalue weighted by Crippen LogP contribution is -2.24. The molecule has 3 heteroatoms. The maximum absolute atomic E-state index is 6.07. The highest BCUT2D eigenvalue weighted by Gasteiger charge is 2.22. The van der Waals surface area contributed by atoms with Gasteiger partial charge in [-0.05, 0) is 19.3 Å². The van der Waals surface area contributed by atoms with Crippen LogP contribution in [0.25, 0.3) is 0 Å². The number of hydrogen-bond acceptors (Lipinski definition) is 0. The molecule has 0 fully saturated rings. The van der Waals surface area contributed by atoms with Crippen LogP contribution in [0.15, 0.2) is 12.2 Å². The fourth-order valence-corrected chi connectivity index (χ4v) is 1.78. The molecule has 0 aromatic carbocycles. The summed E-state index contributed by atoms with van der Waals surface area (Å²) in [6, 6.07) is 0. The molecular formula is C10H17Cl3. The molecule has 0 heterocycles. The van der Waals surface area contributed by atoms with Crippen LogP contribution in [-0.2, 0) is 0 Å². The maximum atomic E-state index is 6.07. The first-order valence-corrected chi connectivity index (χ1v) is 6.01. The first kappa shape index (κ1) is 13.6. The lowest BCUT2D eigenvalue weighted by Gasteiger charge is -2.18. The Balaban J connectivity index is 3.81. The second-order valence-electron chi connectivity index (χ2n) is 3.00. The molecule has 0 aliphatic rings. The molecule has 0 bridgehead atoms. The van der Waals surface area contributed by atoms with Crippen molar-refractivity contribution in [2.24, 2.45) is 0 Å². The van der Waals surface area contributed by atoms with Gasteiger partial charge in [0.1, 0.15) is 0 Å². The van der Waals surface area contributed by atoms with Crippen molar-refractivity contribution in [3.05, 3.63) is 12.2 Å². The molecule has 0 nitrogen and oxygen atoms in total. The van der Waals surface area contributed by atoms with Crippen molar-refractivity contribution in [2.45, 2.75) is 49.2 Å². The van der Waals surface area contributed by atoms with E-state index in [1.54, 1.807) is 0 Å². The highest BCUT2D eigenvalue weighted by atomic mass is 35.5. The van der Waals surface area contributed by atoms with Gasteiger partial charge in [-0.2, -0.15) is 0 Å². The molecular weight excluding hydrogens is 226 g/mol. The Morgan fingerprint density at radius 2 is 1.62 bits per heavy atom. The van der Waals surface area contributed by atoms with Crippen LogP contribution in [-0.4, -0.2) is 16.1 Å². The monoisotopic (exact) mass is 242 g/mol. The predicted octanol–water partition coefficient (Wildman–Crippen LogP) is 4.57. The normalized spacial score (nSPS) is 18.8. The van der Waals surface area contributed by atoms with Gasteiger partial charge in [-0.15, -0.1) is 34.8 Å². The quantitative estimate of drug-likeness (QED) is 0.473. The molecule has 0 amide bonds. The Morgan fingerprint density at radius 1 is 1.00 bits per heavy atom. The van der Waals surface area contributed by atoms with Gasteiger partial charge in [-0.1, -0.05) is 26.0 Å². The largest absolute Gasteiger partial charge is 0.121 e. The molecule has 78 valence electrons. The minimum Gasteiger partial charge on any atom is -0.121 e. The van der Waals surface area contributed by atoms with E-state index >= 15 is 0 Å². The zero-order valence-electron chi connectivity index (χ0n) is 8.14. The molecule has 0 saturated carbocycles. The highest BCUT2D eigenvalue weighted by molar-refractivity contribution is 6.35. The van der Waals surface area contributed by atoms with E-state index in [9.17, 15) is 0 Å². The topological polar surface area (TPSA) is 0 Å². The van der Waals surface area contributed by atoms with Crippen molar-refractivity contribution in [1.29, 1.82) is 0 Å². The molecule has 0 N–H and O–H groups in total. The minimum atomic E-state index is -0.144. The Labute approximate surface area is 96.2 Å². The summed E-state index contributed by atoms with van der Waals surface area (Å²) in [5.74, 6) is 0. The predicted molar refractivity (Wildman–Crippen MR) is 63.3 cm³/mol. The number of halogens is 3. The van der Waals surface area contributed by atoms with Crippen molar-refractivity contribution in [3.8, 4) is 0 Å². The second-order valence-corrected chi connectivity index (χ2v) is 4.63. The minimum absolute atomic E-state index is 0.0285. The fraction of sp³-hybridized carbons (Fsp3) is 0.800. The Hall–Kier alpha value is 0.610. The van der Waals surface area contributed by atoms with Gasteiger partial charge < -0.3 is 0 Å². The van der Waals surface area contributed by atoms with Gasteiger partial charge in [0.15, 0.2) is 0 Å². The van der Waals surface area contributed by atoms with E-state index in [1.807, 2.05) is 6.92 Å². The van der Waals surface area contributed by atoms with Gasteiger partial charge in [0.05, 0.1) is 16.1 Å². The average Bonchev–Trinajstić information content (AvgIpc) is 2.15. The molecule has 0 spiro atoms. The van der Waals surface area contributed by atoms with Crippen LogP contribution in [0.4, 0.5) is 0 Å². The van der Waals surface area contributed by atoms with Gasteiger partial charge in [-0.3, -0.25) is 0 Å². The smallest absolute Gasteiger partial charge is 0.0666 e. The molecule has 0 aromatic heterocycles. The van der Waals surface area contributed by atoms with E-state index in [1.165, 1.54) is 0 Å². The third kappa shape index (κ3) is 5.83. The standard InChI is InChI=1S/C10H17Cl3/c1-3-5-6-7-9(12)10(13)8(11)4-2/h5-6,8-10H,3-4,7H2,1-2H3/b6-5+. The lowest BCUT2D eigenvalue weighted by atomic mass is 10.1. The first-order valence-electron chi connectivity index (χ1n) is 4.70. The van der Waals surface area contributed by atoms with Gasteiger partial charge in [0.25, 0.3) is 0 Å². The SMILES string of the molecule is CC/C=C/CC(Cl)C(Cl)C(Cl)CC. The van der Waals surface area contributed by atoms with E-state index in [4.69, 9.17) is 34.8 Å². The van der Waals surface area contributed by atoms with E-state index in [0.717, 1.165) is 19.3 Å². The molecule has 0 radical (unpaired) electrons. The maximum Gasteiger partial charge on any atom is 0.0666 e. The Bertz CT molecular complexity index is 145. The zero-order valence-corrected chi connectivity index (χ0v) is 10.4. The van der Waals surface area contributed by atoms with Gasteiger partial charge in [-0.25, -0.2) is 0 Å². The van der Waals surface area contributed by atoms with Crippen molar-refractivity contribution in [2.75, 3.05) is 0 Å². The van der Waals surface area contributed by atoms with Crippen molar-refractivity contribution < 1.29 is 0 Å². The van der Waals surface area contributed by atoms with Gasteiger partial charge in [0.2, 0.25) is 0 Å². The van der Waals surface area contributed by atoms with E-state index in [-0.39, 0.29) is 16.1 Å². The van der Waals surface area contributed by atoms with Crippen LogP contribution >= 0.6 is 34.8 Å². The molecule has 0 aliphatic heterocycles. The summed E-state index contributed by atoms with van der Waals surface area (Å²) in [6.07, 6.45) is 6.85. The molecule has 0 aromatic rings. The van der Waals surface area contributed by atoms with Crippen molar-refractivity contribution in [3.63, 3.8) is 0 Å². The Kier molecular flexibility index (Phi) is 8.34. The van der Waals surface area contributed by atoms with Crippen molar-refractivity contribution >= 4 is 34.8 Å². The molecule has 0 saturated heterocycles. The second kappa shape index (κ2) is 7.96. The summed E-state index contributed by atoms with van der Waals surface area (Å²) in [6.45, 7) is 4.10.